The quantitative estimate of drug-likeness (QED) is 0.746. The van der Waals surface area contributed by atoms with E-state index in [4.69, 9.17) is 0 Å². The first-order valence-electron chi connectivity index (χ1n) is 8.65. The molecule has 1 atom stereocenters. The van der Waals surface area contributed by atoms with Crippen LogP contribution < -0.4 is 5.32 Å². The van der Waals surface area contributed by atoms with Gasteiger partial charge in [-0.05, 0) is 55.6 Å². The number of anilines is 2. The molecule has 4 rings (SSSR count). The molecule has 0 radical (unpaired) electrons. The summed E-state index contributed by atoms with van der Waals surface area (Å²) in [4.78, 5) is 18.7. The number of nitrogens with one attached hydrogen (secondary N) is 2. The molecule has 0 amide bonds. The van der Waals surface area contributed by atoms with Gasteiger partial charge in [-0.1, -0.05) is 6.07 Å². The number of nitrogens with zero attached hydrogens (tertiary/aromatic N) is 4. The van der Waals surface area contributed by atoms with Gasteiger partial charge in [-0.15, -0.1) is 0 Å². The van der Waals surface area contributed by atoms with Gasteiger partial charge in [-0.2, -0.15) is 0 Å². The zero-order valence-corrected chi connectivity index (χ0v) is 14.3. The third kappa shape index (κ3) is 3.53. The number of hydrogen-bond acceptors (Lipinski definition) is 5. The van der Waals surface area contributed by atoms with Crippen LogP contribution in [-0.2, 0) is 6.54 Å². The molecule has 3 aromatic rings. The van der Waals surface area contributed by atoms with Crippen molar-refractivity contribution in [2.45, 2.75) is 32.4 Å². The number of aromatic amines is 1. The van der Waals surface area contributed by atoms with Crippen LogP contribution in [0.25, 0.3) is 0 Å². The molecule has 3 aromatic heterocycles. The number of hydrogen-bond donors (Lipinski definition) is 2. The number of aryl methyl sites for hydroxylation is 1. The fraction of sp³-hybridized carbons (Fsp3) is 0.316. The standard InChI is InChI=1S/C19H22N6/c1-14-4-2-7-22-19(14)24-18-10-15(6-8-21-18)17-5-3-9-25(17)12-16-11-20-13-23-16/h2,4,6-8,10-11,13,17H,3,5,9,12H2,1H3,(H,20,23)(H,21,22,24)/t17-/m1/s1. The summed E-state index contributed by atoms with van der Waals surface area (Å²) in [7, 11) is 0. The molecular formula is C19H22N6. The minimum Gasteiger partial charge on any atom is -0.347 e. The number of likely N-dealkylation sites (tertiary alicyclic amines) is 1. The van der Waals surface area contributed by atoms with Crippen LogP contribution in [0.2, 0.25) is 0 Å². The lowest BCUT2D eigenvalue weighted by Crippen LogP contribution is -2.23. The number of H-pyrrole nitrogens is 1. The van der Waals surface area contributed by atoms with Crippen LogP contribution in [0.3, 0.4) is 0 Å². The maximum absolute atomic E-state index is 4.46. The van der Waals surface area contributed by atoms with Crippen LogP contribution in [0.1, 0.15) is 35.7 Å². The van der Waals surface area contributed by atoms with Crippen LogP contribution in [0.4, 0.5) is 11.6 Å². The highest BCUT2D eigenvalue weighted by molar-refractivity contribution is 5.56. The molecule has 2 N–H and O–H groups in total. The Labute approximate surface area is 147 Å². The van der Waals surface area contributed by atoms with E-state index in [-0.39, 0.29) is 0 Å². The van der Waals surface area contributed by atoms with E-state index in [1.54, 1.807) is 12.5 Å². The number of pyridine rings is 2. The predicted molar refractivity (Wildman–Crippen MR) is 97.5 cm³/mol. The van der Waals surface area contributed by atoms with Gasteiger partial charge < -0.3 is 10.3 Å². The number of imidazole rings is 1. The lowest BCUT2D eigenvalue weighted by atomic mass is 10.1. The lowest BCUT2D eigenvalue weighted by Gasteiger charge is -2.24. The summed E-state index contributed by atoms with van der Waals surface area (Å²) in [6, 6.07) is 8.66. The summed E-state index contributed by atoms with van der Waals surface area (Å²) in [5.74, 6) is 1.69. The smallest absolute Gasteiger partial charge is 0.134 e. The van der Waals surface area contributed by atoms with Gasteiger partial charge in [0.15, 0.2) is 0 Å². The fourth-order valence-corrected chi connectivity index (χ4v) is 3.44. The second-order valence-corrected chi connectivity index (χ2v) is 6.47. The van der Waals surface area contributed by atoms with E-state index in [1.807, 2.05) is 31.5 Å². The molecule has 1 fully saturated rings. The lowest BCUT2D eigenvalue weighted by molar-refractivity contribution is 0.246. The summed E-state index contributed by atoms with van der Waals surface area (Å²) in [6.45, 7) is 4.05. The zero-order valence-electron chi connectivity index (χ0n) is 14.3. The molecule has 1 saturated heterocycles. The average molecular weight is 334 g/mol. The van der Waals surface area contributed by atoms with E-state index in [0.717, 1.165) is 36.0 Å². The number of rotatable bonds is 5. The van der Waals surface area contributed by atoms with Crippen LogP contribution in [0.15, 0.2) is 49.2 Å². The van der Waals surface area contributed by atoms with Gasteiger partial charge in [0.05, 0.1) is 6.33 Å². The Kier molecular flexibility index (Phi) is 4.43. The van der Waals surface area contributed by atoms with E-state index >= 15 is 0 Å². The van der Waals surface area contributed by atoms with Gasteiger partial charge in [0.25, 0.3) is 0 Å². The molecule has 0 unspecified atom stereocenters. The van der Waals surface area contributed by atoms with Gasteiger partial charge in [-0.25, -0.2) is 15.0 Å². The monoisotopic (exact) mass is 334 g/mol. The fourth-order valence-electron chi connectivity index (χ4n) is 3.44. The summed E-state index contributed by atoms with van der Waals surface area (Å²) in [5, 5.41) is 3.34. The molecule has 1 aliphatic rings. The van der Waals surface area contributed by atoms with Crippen LogP contribution in [0.5, 0.6) is 0 Å². The number of aromatic nitrogens is 4. The third-order valence-corrected chi connectivity index (χ3v) is 4.72. The van der Waals surface area contributed by atoms with Crippen molar-refractivity contribution in [3.8, 4) is 0 Å². The van der Waals surface area contributed by atoms with Gasteiger partial charge in [-0.3, -0.25) is 4.90 Å². The van der Waals surface area contributed by atoms with Crippen molar-refractivity contribution in [2.24, 2.45) is 0 Å². The van der Waals surface area contributed by atoms with E-state index in [9.17, 15) is 0 Å². The molecule has 4 heterocycles. The Hall–Kier alpha value is -2.73. The van der Waals surface area contributed by atoms with Crippen molar-refractivity contribution >= 4 is 11.6 Å². The van der Waals surface area contributed by atoms with Crippen molar-refractivity contribution in [1.29, 1.82) is 0 Å². The molecule has 0 saturated carbocycles. The first-order valence-corrected chi connectivity index (χ1v) is 8.65. The third-order valence-electron chi connectivity index (χ3n) is 4.72. The average Bonchev–Trinajstić information content (AvgIpc) is 3.30. The normalized spacial score (nSPS) is 17.7. The van der Waals surface area contributed by atoms with E-state index in [2.05, 4.69) is 42.3 Å². The maximum atomic E-state index is 4.46. The molecule has 6 nitrogen and oxygen atoms in total. The Morgan fingerprint density at radius 1 is 1.28 bits per heavy atom. The van der Waals surface area contributed by atoms with E-state index < -0.39 is 0 Å². The molecule has 128 valence electrons. The van der Waals surface area contributed by atoms with Gasteiger partial charge in [0.1, 0.15) is 11.6 Å². The summed E-state index contributed by atoms with van der Waals surface area (Å²) >= 11 is 0. The highest BCUT2D eigenvalue weighted by atomic mass is 15.2. The summed E-state index contributed by atoms with van der Waals surface area (Å²) in [5.41, 5.74) is 3.56. The van der Waals surface area contributed by atoms with Crippen molar-refractivity contribution in [3.05, 3.63) is 66.0 Å². The van der Waals surface area contributed by atoms with Gasteiger partial charge >= 0.3 is 0 Å². The Balaban J connectivity index is 1.53. The highest BCUT2D eigenvalue weighted by Crippen LogP contribution is 2.33. The second kappa shape index (κ2) is 7.03. The summed E-state index contributed by atoms with van der Waals surface area (Å²) in [6.07, 6.45) is 9.69. The Morgan fingerprint density at radius 2 is 2.24 bits per heavy atom. The Morgan fingerprint density at radius 3 is 3.08 bits per heavy atom. The zero-order chi connectivity index (χ0) is 17.1. The highest BCUT2D eigenvalue weighted by Gasteiger charge is 2.26. The molecule has 0 bridgehead atoms. The molecule has 25 heavy (non-hydrogen) atoms. The van der Waals surface area contributed by atoms with Gasteiger partial charge in [0.2, 0.25) is 0 Å². The largest absolute Gasteiger partial charge is 0.347 e. The van der Waals surface area contributed by atoms with Gasteiger partial charge in [0, 0.05) is 36.9 Å². The maximum Gasteiger partial charge on any atom is 0.134 e. The molecule has 0 aliphatic carbocycles. The van der Waals surface area contributed by atoms with Crippen LogP contribution in [-0.4, -0.2) is 31.4 Å². The molecule has 6 heteroatoms. The molecule has 0 spiro atoms. The van der Waals surface area contributed by atoms with Crippen molar-refractivity contribution in [3.63, 3.8) is 0 Å². The molecule has 1 aliphatic heterocycles. The molecular weight excluding hydrogens is 312 g/mol. The SMILES string of the molecule is Cc1cccnc1Nc1cc([C@H]2CCCN2Cc2cnc[nH]2)ccn1. The van der Waals surface area contributed by atoms with Crippen LogP contribution >= 0.6 is 0 Å². The minimum absolute atomic E-state index is 0.414. The van der Waals surface area contributed by atoms with Crippen molar-refractivity contribution < 1.29 is 0 Å². The minimum atomic E-state index is 0.414. The second-order valence-electron chi connectivity index (χ2n) is 6.47. The first-order chi connectivity index (χ1) is 12.3. The van der Waals surface area contributed by atoms with E-state index in [0.29, 0.717) is 6.04 Å². The topological polar surface area (TPSA) is 69.7 Å². The van der Waals surface area contributed by atoms with E-state index in [1.165, 1.54) is 18.4 Å². The van der Waals surface area contributed by atoms with Crippen molar-refractivity contribution in [1.82, 2.24) is 24.8 Å². The Bertz CT molecular complexity index is 829. The predicted octanol–water partition coefficient (Wildman–Crippen LogP) is 3.59. The summed E-state index contributed by atoms with van der Waals surface area (Å²) < 4.78 is 0. The van der Waals surface area contributed by atoms with Crippen molar-refractivity contribution in [2.75, 3.05) is 11.9 Å². The first kappa shape index (κ1) is 15.8. The molecule has 0 aromatic carbocycles. The van der Waals surface area contributed by atoms with Crippen LogP contribution in [0, 0.1) is 6.92 Å².